The summed E-state index contributed by atoms with van der Waals surface area (Å²) in [6.45, 7) is 0. The molecule has 0 radical (unpaired) electrons. The van der Waals surface area contributed by atoms with Gasteiger partial charge in [-0.25, -0.2) is 0 Å². The Morgan fingerprint density at radius 3 is 2.40 bits per heavy atom. The van der Waals surface area contributed by atoms with Crippen molar-refractivity contribution in [2.45, 2.75) is 4.90 Å². The molecule has 0 saturated carbocycles. The van der Waals surface area contributed by atoms with E-state index in [2.05, 4.69) is 12.6 Å². The Morgan fingerprint density at radius 2 is 1.73 bits per heavy atom. The second kappa shape index (κ2) is 4.48. The predicted octanol–water partition coefficient (Wildman–Crippen LogP) is 4.95. The van der Waals surface area contributed by atoms with E-state index >= 15 is 0 Å². The van der Waals surface area contributed by atoms with Crippen molar-refractivity contribution in [3.05, 3.63) is 52.5 Å². The van der Waals surface area contributed by atoms with Crippen molar-refractivity contribution >= 4 is 35.8 Å². The van der Waals surface area contributed by atoms with Gasteiger partial charge in [0.1, 0.15) is 0 Å². The third kappa shape index (κ3) is 2.49. The van der Waals surface area contributed by atoms with Gasteiger partial charge in [0.15, 0.2) is 0 Å². The van der Waals surface area contributed by atoms with Gasteiger partial charge in [0.05, 0.1) is 0 Å². The van der Waals surface area contributed by atoms with Crippen LogP contribution in [0.25, 0.3) is 11.1 Å². The fourth-order valence-corrected chi connectivity index (χ4v) is 2.15. The molecule has 0 unspecified atom stereocenters. The maximum absolute atomic E-state index is 6.12. The van der Waals surface area contributed by atoms with Crippen molar-refractivity contribution in [2.24, 2.45) is 0 Å². The molecule has 15 heavy (non-hydrogen) atoms. The minimum Gasteiger partial charge on any atom is -0.143 e. The van der Waals surface area contributed by atoms with Crippen molar-refractivity contribution in [3.8, 4) is 11.1 Å². The van der Waals surface area contributed by atoms with E-state index in [1.807, 2.05) is 42.5 Å². The number of hydrogen-bond donors (Lipinski definition) is 1. The lowest BCUT2D eigenvalue weighted by Gasteiger charge is -2.05. The molecule has 0 nitrogen and oxygen atoms in total. The first kappa shape index (κ1) is 10.9. The van der Waals surface area contributed by atoms with Crippen LogP contribution in [0.5, 0.6) is 0 Å². The summed E-state index contributed by atoms with van der Waals surface area (Å²) in [5, 5.41) is 1.39. The summed E-state index contributed by atoms with van der Waals surface area (Å²) >= 11 is 16.3. The summed E-state index contributed by atoms with van der Waals surface area (Å²) in [5.74, 6) is 0. The zero-order valence-electron chi connectivity index (χ0n) is 7.74. The highest BCUT2D eigenvalue weighted by Gasteiger charge is 2.03. The van der Waals surface area contributed by atoms with E-state index in [9.17, 15) is 0 Å². The van der Waals surface area contributed by atoms with Crippen molar-refractivity contribution < 1.29 is 0 Å². The number of benzene rings is 2. The van der Waals surface area contributed by atoms with Crippen LogP contribution in [-0.2, 0) is 0 Å². The van der Waals surface area contributed by atoms with E-state index in [1.165, 1.54) is 0 Å². The number of rotatable bonds is 1. The fraction of sp³-hybridized carbons (Fsp3) is 0. The van der Waals surface area contributed by atoms with Gasteiger partial charge < -0.3 is 0 Å². The zero-order valence-corrected chi connectivity index (χ0v) is 10.2. The number of hydrogen-bond acceptors (Lipinski definition) is 1. The van der Waals surface area contributed by atoms with Gasteiger partial charge in [-0.05, 0) is 29.8 Å². The van der Waals surface area contributed by atoms with E-state index in [4.69, 9.17) is 23.2 Å². The first-order chi connectivity index (χ1) is 7.16. The van der Waals surface area contributed by atoms with Gasteiger partial charge >= 0.3 is 0 Å². The van der Waals surface area contributed by atoms with Crippen molar-refractivity contribution in [1.82, 2.24) is 0 Å². The SMILES string of the molecule is Sc1ccc(-c2cccc(Cl)c2)c(Cl)c1. The first-order valence-corrected chi connectivity index (χ1v) is 5.61. The molecule has 0 atom stereocenters. The largest absolute Gasteiger partial charge is 0.143 e. The molecule has 0 fully saturated rings. The summed E-state index contributed by atoms with van der Waals surface area (Å²) in [6, 6.07) is 13.3. The fourth-order valence-electron chi connectivity index (χ4n) is 1.39. The third-order valence-electron chi connectivity index (χ3n) is 2.09. The standard InChI is InChI=1S/C12H8Cl2S/c13-9-3-1-2-8(6-9)11-5-4-10(15)7-12(11)14/h1-7,15H. The van der Waals surface area contributed by atoms with Gasteiger partial charge in [-0.3, -0.25) is 0 Å². The summed E-state index contributed by atoms with van der Waals surface area (Å²) in [4.78, 5) is 0.853. The summed E-state index contributed by atoms with van der Waals surface area (Å²) in [7, 11) is 0. The number of halogens is 2. The normalized spacial score (nSPS) is 10.3. The molecule has 0 aliphatic rings. The van der Waals surface area contributed by atoms with Crippen LogP contribution >= 0.6 is 35.8 Å². The van der Waals surface area contributed by atoms with Crippen LogP contribution in [0, 0.1) is 0 Å². The molecule has 0 N–H and O–H groups in total. The second-order valence-corrected chi connectivity index (χ2v) is 4.53. The topological polar surface area (TPSA) is 0 Å². The Bertz CT molecular complexity index is 495. The minimum absolute atomic E-state index is 0.685. The van der Waals surface area contributed by atoms with E-state index in [-0.39, 0.29) is 0 Å². The van der Waals surface area contributed by atoms with Crippen LogP contribution in [0.2, 0.25) is 10.0 Å². The molecular formula is C12H8Cl2S. The third-order valence-corrected chi connectivity index (χ3v) is 2.91. The first-order valence-electron chi connectivity index (χ1n) is 4.41. The monoisotopic (exact) mass is 254 g/mol. The van der Waals surface area contributed by atoms with Crippen LogP contribution < -0.4 is 0 Å². The van der Waals surface area contributed by atoms with Crippen LogP contribution in [0.3, 0.4) is 0 Å². The molecule has 2 aromatic carbocycles. The smallest absolute Gasteiger partial charge is 0.0495 e. The molecular weight excluding hydrogens is 247 g/mol. The molecule has 2 aromatic rings. The zero-order chi connectivity index (χ0) is 10.8. The van der Waals surface area contributed by atoms with Crippen LogP contribution in [0.4, 0.5) is 0 Å². The average molecular weight is 255 g/mol. The molecule has 0 spiro atoms. The quantitative estimate of drug-likeness (QED) is 0.685. The molecule has 0 bridgehead atoms. The van der Waals surface area contributed by atoms with E-state index < -0.39 is 0 Å². The van der Waals surface area contributed by atoms with Crippen molar-refractivity contribution in [2.75, 3.05) is 0 Å². The molecule has 0 saturated heterocycles. The van der Waals surface area contributed by atoms with Gasteiger partial charge in [0.2, 0.25) is 0 Å². The lowest BCUT2D eigenvalue weighted by molar-refractivity contribution is 1.47. The average Bonchev–Trinajstić information content (AvgIpc) is 2.17. The highest BCUT2D eigenvalue weighted by molar-refractivity contribution is 7.80. The van der Waals surface area contributed by atoms with Crippen molar-refractivity contribution in [1.29, 1.82) is 0 Å². The maximum Gasteiger partial charge on any atom is 0.0495 e. The van der Waals surface area contributed by atoms with Crippen molar-refractivity contribution in [3.63, 3.8) is 0 Å². The molecule has 0 heterocycles. The van der Waals surface area contributed by atoms with Crippen LogP contribution in [0.15, 0.2) is 47.4 Å². The Morgan fingerprint density at radius 1 is 0.933 bits per heavy atom. The Hall–Kier alpha value is -0.630. The summed E-state index contributed by atoms with van der Waals surface area (Å²) in [5.41, 5.74) is 1.98. The highest BCUT2D eigenvalue weighted by atomic mass is 35.5. The van der Waals surface area contributed by atoms with Gasteiger partial charge in [-0.15, -0.1) is 12.6 Å². The lowest BCUT2D eigenvalue weighted by atomic mass is 10.1. The summed E-state index contributed by atoms with van der Waals surface area (Å²) in [6.07, 6.45) is 0. The van der Waals surface area contributed by atoms with Crippen LogP contribution in [-0.4, -0.2) is 0 Å². The second-order valence-electron chi connectivity index (χ2n) is 3.17. The number of thiol groups is 1. The van der Waals surface area contributed by atoms with Gasteiger partial charge in [0.25, 0.3) is 0 Å². The molecule has 0 aliphatic carbocycles. The van der Waals surface area contributed by atoms with Gasteiger partial charge in [-0.2, -0.15) is 0 Å². The molecule has 0 amide bonds. The highest BCUT2D eigenvalue weighted by Crippen LogP contribution is 2.30. The lowest BCUT2D eigenvalue weighted by Crippen LogP contribution is -1.79. The molecule has 0 aromatic heterocycles. The van der Waals surface area contributed by atoms with E-state index in [1.54, 1.807) is 0 Å². The predicted molar refractivity (Wildman–Crippen MR) is 69.2 cm³/mol. The van der Waals surface area contributed by atoms with Gasteiger partial charge in [-0.1, -0.05) is 41.4 Å². The summed E-state index contributed by atoms with van der Waals surface area (Å²) < 4.78 is 0. The van der Waals surface area contributed by atoms with Crippen LogP contribution in [0.1, 0.15) is 0 Å². The molecule has 76 valence electrons. The Labute approximate surface area is 104 Å². The Kier molecular flexibility index (Phi) is 3.25. The maximum atomic E-state index is 6.12. The Balaban J connectivity index is 2.54. The molecule has 2 rings (SSSR count). The van der Waals surface area contributed by atoms with E-state index in [0.29, 0.717) is 10.0 Å². The minimum atomic E-state index is 0.685. The molecule has 0 aliphatic heterocycles. The van der Waals surface area contributed by atoms with Gasteiger partial charge in [0, 0.05) is 20.5 Å². The van der Waals surface area contributed by atoms with E-state index in [0.717, 1.165) is 16.0 Å². The molecule has 3 heteroatoms.